The van der Waals surface area contributed by atoms with Crippen molar-refractivity contribution in [1.29, 1.82) is 0 Å². The van der Waals surface area contributed by atoms with Gasteiger partial charge in [0, 0.05) is 36.6 Å². The first-order valence-electron chi connectivity index (χ1n) is 6.78. The van der Waals surface area contributed by atoms with Crippen molar-refractivity contribution in [3.8, 4) is 10.4 Å². The Hall–Kier alpha value is -1.41. The van der Waals surface area contributed by atoms with Gasteiger partial charge in [0.25, 0.3) is 0 Å². The lowest BCUT2D eigenvalue weighted by molar-refractivity contribution is 0.362. The lowest BCUT2D eigenvalue weighted by Gasteiger charge is -2.27. The van der Waals surface area contributed by atoms with Crippen LogP contribution in [0.4, 0.5) is 5.69 Å². The molecule has 0 atom stereocenters. The molecule has 0 spiro atoms. The number of benzene rings is 1. The topological polar surface area (TPSA) is 61.4 Å². The van der Waals surface area contributed by atoms with Crippen molar-refractivity contribution in [2.75, 3.05) is 30.9 Å². The van der Waals surface area contributed by atoms with Crippen molar-refractivity contribution in [2.24, 2.45) is 0 Å². The van der Waals surface area contributed by atoms with Crippen LogP contribution in [0.5, 0.6) is 0 Å². The Balaban J connectivity index is 1.88. The molecule has 3 rings (SSSR count). The van der Waals surface area contributed by atoms with Crippen LogP contribution in [-0.2, 0) is 10.2 Å². The second-order valence-electron chi connectivity index (χ2n) is 4.78. The van der Waals surface area contributed by atoms with Gasteiger partial charge in [0.1, 0.15) is 0 Å². The summed E-state index contributed by atoms with van der Waals surface area (Å²) in [5.74, 6) is 0. The average Bonchev–Trinajstić information content (AvgIpc) is 3.02. The van der Waals surface area contributed by atoms with Gasteiger partial charge in [-0.1, -0.05) is 24.3 Å². The minimum Gasteiger partial charge on any atom is -0.314 e. The Morgan fingerprint density at radius 1 is 1.10 bits per heavy atom. The maximum atomic E-state index is 12.5. The first-order chi connectivity index (χ1) is 10.2. The van der Waals surface area contributed by atoms with Crippen LogP contribution in [0.1, 0.15) is 0 Å². The molecule has 1 aromatic heterocycles. The van der Waals surface area contributed by atoms with Gasteiger partial charge in [-0.15, -0.1) is 11.3 Å². The fourth-order valence-corrected chi connectivity index (χ4v) is 4.32. The highest BCUT2D eigenvalue weighted by Gasteiger charge is 2.24. The molecular formula is C14H17N3O2S2. The van der Waals surface area contributed by atoms with E-state index in [0.717, 1.165) is 10.4 Å². The van der Waals surface area contributed by atoms with Crippen LogP contribution >= 0.6 is 11.3 Å². The number of rotatable bonds is 4. The number of piperazine rings is 1. The number of hydrogen-bond donors (Lipinski definition) is 2. The van der Waals surface area contributed by atoms with Crippen molar-refractivity contribution in [1.82, 2.24) is 9.62 Å². The Labute approximate surface area is 128 Å². The molecule has 0 bridgehead atoms. The molecule has 1 aliphatic heterocycles. The maximum absolute atomic E-state index is 12.5. The molecule has 1 aromatic carbocycles. The SMILES string of the molecule is O=S(=O)(Nc1ccccc1-c1cccs1)N1CCNCC1. The van der Waals surface area contributed by atoms with Gasteiger partial charge < -0.3 is 5.32 Å². The van der Waals surface area contributed by atoms with E-state index in [0.29, 0.717) is 31.9 Å². The third-order valence-corrected chi connectivity index (χ3v) is 5.79. The molecule has 0 amide bonds. The van der Waals surface area contributed by atoms with Crippen molar-refractivity contribution >= 4 is 27.2 Å². The molecule has 0 aliphatic carbocycles. The summed E-state index contributed by atoms with van der Waals surface area (Å²) in [5.41, 5.74) is 1.53. The first kappa shape index (κ1) is 14.5. The highest BCUT2D eigenvalue weighted by Crippen LogP contribution is 2.32. The predicted molar refractivity (Wildman–Crippen MR) is 86.7 cm³/mol. The van der Waals surface area contributed by atoms with Gasteiger partial charge in [0.15, 0.2) is 0 Å². The van der Waals surface area contributed by atoms with Crippen molar-refractivity contribution in [3.63, 3.8) is 0 Å². The molecule has 0 unspecified atom stereocenters. The third-order valence-electron chi connectivity index (χ3n) is 3.37. The van der Waals surface area contributed by atoms with Gasteiger partial charge in [0.05, 0.1) is 5.69 Å². The molecule has 2 heterocycles. The number of hydrogen-bond acceptors (Lipinski definition) is 4. The lowest BCUT2D eigenvalue weighted by atomic mass is 10.1. The molecule has 2 aromatic rings. The Bertz CT molecular complexity index is 693. The summed E-state index contributed by atoms with van der Waals surface area (Å²) in [7, 11) is -3.50. The highest BCUT2D eigenvalue weighted by molar-refractivity contribution is 7.90. The minimum atomic E-state index is -3.50. The molecular weight excluding hydrogens is 306 g/mol. The second-order valence-corrected chi connectivity index (χ2v) is 7.40. The van der Waals surface area contributed by atoms with E-state index in [2.05, 4.69) is 10.0 Å². The quantitative estimate of drug-likeness (QED) is 0.904. The molecule has 21 heavy (non-hydrogen) atoms. The first-order valence-corrected chi connectivity index (χ1v) is 9.10. The summed E-state index contributed by atoms with van der Waals surface area (Å²) in [5, 5.41) is 5.14. The zero-order valence-corrected chi connectivity index (χ0v) is 13.1. The smallest absolute Gasteiger partial charge is 0.301 e. The summed E-state index contributed by atoms with van der Waals surface area (Å²) < 4.78 is 29.1. The van der Waals surface area contributed by atoms with E-state index in [-0.39, 0.29) is 0 Å². The Morgan fingerprint density at radius 3 is 2.57 bits per heavy atom. The largest absolute Gasteiger partial charge is 0.314 e. The normalized spacial score (nSPS) is 16.8. The second kappa shape index (κ2) is 6.15. The fraction of sp³-hybridized carbons (Fsp3) is 0.286. The van der Waals surface area contributed by atoms with Crippen molar-refractivity contribution < 1.29 is 8.42 Å². The standard InChI is InChI=1S/C14H17N3O2S2/c18-21(19,17-9-7-15-8-10-17)16-13-5-2-1-4-12(13)14-6-3-11-20-14/h1-6,11,15-16H,7-10H2. The fourth-order valence-electron chi connectivity index (χ4n) is 2.31. The van der Waals surface area contributed by atoms with Gasteiger partial charge in [-0.05, 0) is 17.5 Å². The van der Waals surface area contributed by atoms with E-state index in [1.54, 1.807) is 17.4 Å². The van der Waals surface area contributed by atoms with E-state index in [1.165, 1.54) is 4.31 Å². The number of nitrogens with zero attached hydrogens (tertiary/aromatic N) is 1. The van der Waals surface area contributed by atoms with Crippen molar-refractivity contribution in [2.45, 2.75) is 0 Å². The van der Waals surface area contributed by atoms with Gasteiger partial charge in [-0.2, -0.15) is 12.7 Å². The minimum absolute atomic E-state index is 0.497. The Kier molecular flexibility index (Phi) is 4.25. The Morgan fingerprint density at radius 2 is 1.86 bits per heavy atom. The van der Waals surface area contributed by atoms with Crippen LogP contribution in [0.2, 0.25) is 0 Å². The zero-order valence-electron chi connectivity index (χ0n) is 11.5. The molecule has 1 saturated heterocycles. The summed E-state index contributed by atoms with van der Waals surface area (Å²) in [4.78, 5) is 1.05. The van der Waals surface area contributed by atoms with E-state index < -0.39 is 10.2 Å². The predicted octanol–water partition coefficient (Wildman–Crippen LogP) is 1.98. The third kappa shape index (κ3) is 3.26. The van der Waals surface area contributed by atoms with Crippen LogP contribution < -0.4 is 10.0 Å². The molecule has 0 radical (unpaired) electrons. The van der Waals surface area contributed by atoms with E-state index in [9.17, 15) is 8.42 Å². The number of para-hydroxylation sites is 1. The summed E-state index contributed by atoms with van der Waals surface area (Å²) in [6.07, 6.45) is 0. The van der Waals surface area contributed by atoms with Crippen LogP contribution in [0.25, 0.3) is 10.4 Å². The van der Waals surface area contributed by atoms with Crippen LogP contribution in [-0.4, -0.2) is 38.9 Å². The van der Waals surface area contributed by atoms with Crippen LogP contribution in [0, 0.1) is 0 Å². The van der Waals surface area contributed by atoms with E-state index in [1.807, 2.05) is 35.7 Å². The molecule has 0 saturated carbocycles. The number of thiophene rings is 1. The van der Waals surface area contributed by atoms with Gasteiger partial charge in [-0.25, -0.2) is 0 Å². The molecule has 1 fully saturated rings. The summed E-state index contributed by atoms with van der Waals surface area (Å²) >= 11 is 1.59. The van der Waals surface area contributed by atoms with Gasteiger partial charge in [0.2, 0.25) is 0 Å². The molecule has 1 aliphatic rings. The monoisotopic (exact) mass is 323 g/mol. The number of nitrogens with one attached hydrogen (secondary N) is 2. The number of anilines is 1. The average molecular weight is 323 g/mol. The molecule has 7 heteroatoms. The van der Waals surface area contributed by atoms with Crippen LogP contribution in [0.3, 0.4) is 0 Å². The van der Waals surface area contributed by atoms with E-state index >= 15 is 0 Å². The lowest BCUT2D eigenvalue weighted by Crippen LogP contribution is -2.48. The van der Waals surface area contributed by atoms with Gasteiger partial charge in [-0.3, -0.25) is 4.72 Å². The van der Waals surface area contributed by atoms with Gasteiger partial charge >= 0.3 is 10.2 Å². The molecule has 112 valence electrons. The maximum Gasteiger partial charge on any atom is 0.301 e. The van der Waals surface area contributed by atoms with Crippen LogP contribution in [0.15, 0.2) is 41.8 Å². The van der Waals surface area contributed by atoms with Crippen molar-refractivity contribution in [3.05, 3.63) is 41.8 Å². The molecule has 2 N–H and O–H groups in total. The highest BCUT2D eigenvalue weighted by atomic mass is 32.2. The zero-order chi connectivity index (χ0) is 14.7. The van der Waals surface area contributed by atoms with E-state index in [4.69, 9.17) is 0 Å². The summed E-state index contributed by atoms with van der Waals surface area (Å²) in [6, 6.07) is 11.4. The molecule has 5 nitrogen and oxygen atoms in total. The summed E-state index contributed by atoms with van der Waals surface area (Å²) in [6.45, 7) is 2.37.